The van der Waals surface area contributed by atoms with Gasteiger partial charge < -0.3 is 20.0 Å². The number of para-hydroxylation sites is 1. The van der Waals surface area contributed by atoms with Crippen molar-refractivity contribution in [1.82, 2.24) is 28.9 Å². The van der Waals surface area contributed by atoms with Crippen LogP contribution < -0.4 is 11.1 Å². The number of amides is 2. The largest absolute Gasteiger partial charge is 0.388 e. The molecule has 4 heterocycles. The molecule has 0 spiro atoms. The molecule has 13 heteroatoms. The predicted octanol–water partition coefficient (Wildman–Crippen LogP) is 5.91. The summed E-state index contributed by atoms with van der Waals surface area (Å²) in [5, 5.41) is 23.7. The second-order valence-corrected chi connectivity index (χ2v) is 17.3. The van der Waals surface area contributed by atoms with Crippen LogP contribution in [0.2, 0.25) is 5.02 Å². The topological polar surface area (TPSA) is 151 Å². The summed E-state index contributed by atoms with van der Waals surface area (Å²) in [6.45, 7) is 6.16. The van der Waals surface area contributed by atoms with Crippen LogP contribution in [0.4, 0.5) is 0 Å². The molecule has 0 radical (unpaired) electrons. The molecule has 318 valence electrons. The number of hydrogen-bond donors (Lipinski definition) is 2. The molecule has 2 unspecified atom stereocenters. The molecule has 0 bridgehead atoms. The molecule has 2 saturated heterocycles. The van der Waals surface area contributed by atoms with Gasteiger partial charge in [0.25, 0.3) is 11.1 Å². The Morgan fingerprint density at radius 1 is 0.607 bits per heavy atom. The summed E-state index contributed by atoms with van der Waals surface area (Å²) < 4.78 is 2.93. The first-order valence-corrected chi connectivity index (χ1v) is 21.4. The van der Waals surface area contributed by atoms with Crippen molar-refractivity contribution >= 4 is 45.2 Å². The summed E-state index contributed by atoms with van der Waals surface area (Å²) in [5.74, 6) is -0.00335. The van der Waals surface area contributed by atoms with Gasteiger partial charge in [0.05, 0.1) is 58.8 Å². The Morgan fingerprint density at radius 3 is 1.49 bits per heavy atom. The van der Waals surface area contributed by atoms with E-state index in [1.54, 1.807) is 30.3 Å². The number of hydrogen-bond acceptors (Lipinski definition) is 8. The SMILES string of the molecule is CC(Cc1ccccc1)C(=O)N1CCC(O)(Cn2cnc3cc(Cl)ccc3c2=O)CC1.CC(Cc1ccccc1)C(=O)N1CCC(O)(Cn2cnc3ccccc3c2=O)CC1. The fourth-order valence-corrected chi connectivity index (χ4v) is 8.60. The summed E-state index contributed by atoms with van der Waals surface area (Å²) in [7, 11) is 0. The van der Waals surface area contributed by atoms with Crippen molar-refractivity contribution in [3.8, 4) is 0 Å². The molecule has 4 aromatic carbocycles. The third-order valence-corrected chi connectivity index (χ3v) is 12.3. The highest BCUT2D eigenvalue weighted by Crippen LogP contribution is 2.27. The van der Waals surface area contributed by atoms with Gasteiger partial charge in [0.1, 0.15) is 0 Å². The van der Waals surface area contributed by atoms with E-state index >= 15 is 0 Å². The third-order valence-electron chi connectivity index (χ3n) is 12.1. The Bertz CT molecular complexity index is 2580. The lowest BCUT2D eigenvalue weighted by Gasteiger charge is -2.39. The highest BCUT2D eigenvalue weighted by molar-refractivity contribution is 6.31. The van der Waals surface area contributed by atoms with E-state index in [1.807, 2.05) is 96.4 Å². The van der Waals surface area contributed by atoms with Gasteiger partial charge in [0.15, 0.2) is 0 Å². The lowest BCUT2D eigenvalue weighted by Crippen LogP contribution is -2.50. The Balaban J connectivity index is 0.000000184. The number of piperidine rings is 2. The molecule has 2 fully saturated rings. The molecule has 12 nitrogen and oxygen atoms in total. The van der Waals surface area contributed by atoms with Gasteiger partial charge in [-0.15, -0.1) is 0 Å². The third kappa shape index (κ3) is 10.6. The number of carbonyl (C=O) groups excluding carboxylic acids is 2. The average molecular weight is 845 g/mol. The van der Waals surface area contributed by atoms with Crippen LogP contribution in [-0.2, 0) is 35.5 Å². The number of aliphatic hydroxyl groups is 2. The van der Waals surface area contributed by atoms with Gasteiger partial charge in [0.2, 0.25) is 11.8 Å². The fraction of sp³-hybridized carbons (Fsp3) is 0.375. The molecule has 2 atom stereocenters. The summed E-state index contributed by atoms with van der Waals surface area (Å²) in [4.78, 5) is 63.5. The minimum atomic E-state index is -1.05. The van der Waals surface area contributed by atoms with Crippen molar-refractivity contribution in [2.75, 3.05) is 26.2 Å². The zero-order valence-corrected chi connectivity index (χ0v) is 35.5. The molecule has 8 rings (SSSR count). The second kappa shape index (κ2) is 18.9. The molecular weight excluding hydrogens is 792 g/mol. The number of nitrogens with zero attached hydrogens (tertiary/aromatic N) is 6. The van der Waals surface area contributed by atoms with Crippen LogP contribution >= 0.6 is 11.6 Å². The number of rotatable bonds is 10. The Morgan fingerprint density at radius 2 is 1.02 bits per heavy atom. The van der Waals surface area contributed by atoms with Crippen molar-refractivity contribution < 1.29 is 19.8 Å². The first kappa shape index (κ1) is 43.4. The average Bonchev–Trinajstić information content (AvgIpc) is 3.26. The van der Waals surface area contributed by atoms with E-state index in [0.717, 1.165) is 11.1 Å². The molecule has 0 saturated carbocycles. The zero-order chi connectivity index (χ0) is 43.1. The quantitative estimate of drug-likeness (QED) is 0.173. The normalized spacial score (nSPS) is 17.0. The maximum absolute atomic E-state index is 12.9. The van der Waals surface area contributed by atoms with Gasteiger partial charge >= 0.3 is 0 Å². The number of benzene rings is 4. The van der Waals surface area contributed by atoms with Crippen LogP contribution in [0.25, 0.3) is 21.8 Å². The van der Waals surface area contributed by atoms with Gasteiger partial charge in [-0.3, -0.25) is 28.3 Å². The van der Waals surface area contributed by atoms with Crippen molar-refractivity contribution in [1.29, 1.82) is 0 Å². The first-order chi connectivity index (χ1) is 29.3. The zero-order valence-electron chi connectivity index (χ0n) is 34.7. The number of carbonyl (C=O) groups is 2. The monoisotopic (exact) mass is 844 g/mol. The van der Waals surface area contributed by atoms with E-state index in [1.165, 1.54) is 21.8 Å². The van der Waals surface area contributed by atoms with Crippen LogP contribution in [0, 0.1) is 11.8 Å². The van der Waals surface area contributed by atoms with E-state index < -0.39 is 11.2 Å². The summed E-state index contributed by atoms with van der Waals surface area (Å²) in [6.07, 6.45) is 6.08. The van der Waals surface area contributed by atoms with Crippen molar-refractivity contribution in [3.05, 3.63) is 153 Å². The molecule has 2 N–H and O–H groups in total. The van der Waals surface area contributed by atoms with Crippen molar-refractivity contribution in [2.24, 2.45) is 11.8 Å². The van der Waals surface area contributed by atoms with E-state index in [2.05, 4.69) is 9.97 Å². The smallest absolute Gasteiger partial charge is 0.261 e. The van der Waals surface area contributed by atoms with Crippen LogP contribution in [0.15, 0.2) is 125 Å². The Kier molecular flexibility index (Phi) is 13.5. The minimum absolute atomic E-state index is 0.104. The summed E-state index contributed by atoms with van der Waals surface area (Å²) >= 11 is 5.97. The van der Waals surface area contributed by atoms with Gasteiger partial charge in [-0.25, -0.2) is 9.97 Å². The van der Waals surface area contributed by atoms with Crippen LogP contribution in [-0.4, -0.2) is 88.3 Å². The maximum atomic E-state index is 12.9. The molecule has 2 aromatic heterocycles. The first-order valence-electron chi connectivity index (χ1n) is 21.0. The number of likely N-dealkylation sites (tertiary alicyclic amines) is 2. The number of halogens is 1. The summed E-state index contributed by atoms with van der Waals surface area (Å²) in [5.41, 5.74) is 1.05. The van der Waals surface area contributed by atoms with E-state index in [9.17, 15) is 29.4 Å². The fourth-order valence-electron chi connectivity index (χ4n) is 8.43. The van der Waals surface area contributed by atoms with E-state index in [-0.39, 0.29) is 47.9 Å². The number of aromatic nitrogens is 4. The standard InChI is InChI=1S/C24H26ClN3O3.C24H27N3O3/c1-17(13-18-5-3-2-4-6-18)22(29)27-11-9-24(31,10-12-27)15-28-16-26-21-14-19(25)7-8-20(21)23(28)30;1-18(15-19-7-3-2-4-8-19)22(28)26-13-11-24(30,12-14-26)16-27-17-25-21-10-6-5-9-20(21)23(27)29/h2-8,14,16-17,31H,9-13,15H2,1H3;2-10,17-18,30H,11-16H2,1H3. The lowest BCUT2D eigenvalue weighted by atomic mass is 9.90. The molecule has 0 aliphatic carbocycles. The molecular formula is C48H53ClN6O6. The van der Waals surface area contributed by atoms with Crippen molar-refractivity contribution in [2.45, 2.75) is 76.7 Å². The molecule has 61 heavy (non-hydrogen) atoms. The molecule has 2 aliphatic heterocycles. The maximum Gasteiger partial charge on any atom is 0.261 e. The van der Waals surface area contributed by atoms with Crippen LogP contribution in [0.1, 0.15) is 50.7 Å². The lowest BCUT2D eigenvalue weighted by molar-refractivity contribution is -0.140. The Hall–Kier alpha value is -5.69. The molecule has 2 amide bonds. The van der Waals surface area contributed by atoms with E-state index in [4.69, 9.17) is 11.6 Å². The summed E-state index contributed by atoms with van der Waals surface area (Å²) in [6, 6.07) is 32.2. The van der Waals surface area contributed by atoms with Crippen molar-refractivity contribution in [3.63, 3.8) is 0 Å². The predicted molar refractivity (Wildman–Crippen MR) is 237 cm³/mol. The minimum Gasteiger partial charge on any atom is -0.388 e. The van der Waals surface area contributed by atoms with Gasteiger partial charge in [-0.05, 0) is 80.0 Å². The van der Waals surface area contributed by atoms with Gasteiger partial charge in [0, 0.05) is 43.0 Å². The van der Waals surface area contributed by atoms with Crippen LogP contribution in [0.3, 0.4) is 0 Å². The number of fused-ring (bicyclic) bond motifs is 2. The van der Waals surface area contributed by atoms with Gasteiger partial charge in [-0.2, -0.15) is 0 Å². The van der Waals surface area contributed by atoms with E-state index in [0.29, 0.717) is 91.5 Å². The highest BCUT2D eigenvalue weighted by Gasteiger charge is 2.37. The molecule has 2 aliphatic rings. The second-order valence-electron chi connectivity index (χ2n) is 16.8. The van der Waals surface area contributed by atoms with Crippen LogP contribution in [0.5, 0.6) is 0 Å². The highest BCUT2D eigenvalue weighted by atomic mass is 35.5. The Labute approximate surface area is 360 Å². The molecule has 6 aromatic rings. The van der Waals surface area contributed by atoms with Gasteiger partial charge in [-0.1, -0.05) is 98.2 Å².